The van der Waals surface area contributed by atoms with Gasteiger partial charge in [-0.1, -0.05) is 37.4 Å². The van der Waals surface area contributed by atoms with Crippen molar-refractivity contribution in [2.24, 2.45) is 13.9 Å². The molecule has 1 heterocycles. The normalized spacial score (nSPS) is 12.1. The number of hydrogen-bond acceptors (Lipinski definition) is 6. The second kappa shape index (κ2) is 11.7. The van der Waals surface area contributed by atoms with Crippen molar-refractivity contribution in [3.05, 3.63) is 28.8 Å². The molecule has 4 N–H and O–H groups in total. The van der Waals surface area contributed by atoms with Crippen LogP contribution in [0.3, 0.4) is 0 Å². The molecular weight excluding hydrogens is 457 g/mol. The molecule has 1 amide bonds. The second-order valence-electron chi connectivity index (χ2n) is 4.95. The number of hydrogen-bond donors (Lipinski definition) is 3. The van der Waals surface area contributed by atoms with Gasteiger partial charge < -0.3 is 11.1 Å². The molecule has 1 aromatic rings. The maximum Gasteiger partial charge on any atom is 0.278 e. The van der Waals surface area contributed by atoms with Crippen molar-refractivity contribution < 1.29 is 4.79 Å². The topological polar surface area (TPSA) is 118 Å². The van der Waals surface area contributed by atoms with E-state index in [1.54, 1.807) is 36.1 Å². The van der Waals surface area contributed by atoms with E-state index >= 15 is 0 Å². The fraction of sp³-hybridized carbons (Fsp3) is 0.400. The highest BCUT2D eigenvalue weighted by atomic mass is 127. The van der Waals surface area contributed by atoms with Crippen LogP contribution in [0.25, 0.3) is 0 Å². The summed E-state index contributed by atoms with van der Waals surface area (Å²) < 4.78 is 3.64. The first-order chi connectivity index (χ1) is 12.0. The van der Waals surface area contributed by atoms with Crippen LogP contribution < -0.4 is 16.4 Å². The molecule has 25 heavy (non-hydrogen) atoms. The first-order valence-corrected chi connectivity index (χ1v) is 9.04. The number of nitrogens with zero attached hydrogens (tertiary/aromatic N) is 4. The third-order valence-electron chi connectivity index (χ3n) is 2.99. The van der Waals surface area contributed by atoms with Crippen LogP contribution in [0.5, 0.6) is 0 Å². The number of unbranched alkanes of at least 4 members (excludes halogenated alkanes) is 3. The maximum absolute atomic E-state index is 12.2. The van der Waals surface area contributed by atoms with Gasteiger partial charge in [0, 0.05) is 13.3 Å². The SMILES string of the molecule is CCCCC/C=C\Nc1nc(C=NC)c(C(=O)NC(N)=NI)nc1Cl. The number of anilines is 1. The van der Waals surface area contributed by atoms with E-state index in [9.17, 15) is 4.79 Å². The molecular formula is C15H21ClIN7O. The fourth-order valence-corrected chi connectivity index (χ4v) is 2.13. The number of aromatic nitrogens is 2. The van der Waals surface area contributed by atoms with Gasteiger partial charge in [-0.05, 0) is 19.0 Å². The van der Waals surface area contributed by atoms with E-state index in [4.69, 9.17) is 17.3 Å². The van der Waals surface area contributed by atoms with E-state index in [0.29, 0.717) is 5.82 Å². The minimum absolute atomic E-state index is 0.0103. The molecule has 0 spiro atoms. The van der Waals surface area contributed by atoms with Crippen molar-refractivity contribution in [1.82, 2.24) is 15.3 Å². The highest BCUT2D eigenvalue weighted by Gasteiger charge is 2.18. The second-order valence-corrected chi connectivity index (χ2v) is 5.79. The van der Waals surface area contributed by atoms with Gasteiger partial charge in [-0.15, -0.1) is 0 Å². The van der Waals surface area contributed by atoms with Crippen LogP contribution in [0.4, 0.5) is 5.82 Å². The van der Waals surface area contributed by atoms with Crippen LogP contribution in [-0.2, 0) is 0 Å². The van der Waals surface area contributed by atoms with Crippen LogP contribution in [0.2, 0.25) is 5.15 Å². The van der Waals surface area contributed by atoms with Gasteiger partial charge >= 0.3 is 0 Å². The number of nitrogens with one attached hydrogen (secondary N) is 2. The first kappa shape index (κ1) is 21.3. The van der Waals surface area contributed by atoms with E-state index in [0.717, 1.165) is 12.8 Å². The molecule has 8 nitrogen and oxygen atoms in total. The zero-order valence-electron chi connectivity index (χ0n) is 14.1. The standard InChI is InChI=1S/C15H21ClIN7O/c1-3-4-5-6-7-8-20-13-12(16)22-11(10(21-13)9-19-2)14(25)23-15(18)24-17/h7-9H,3-6H2,1-2H3,(H,20,21)(H3,18,23,24,25)/b8-7-,19-9?. The maximum atomic E-state index is 12.2. The Bertz CT molecular complexity index is 676. The van der Waals surface area contributed by atoms with Crippen molar-refractivity contribution in [1.29, 1.82) is 0 Å². The summed E-state index contributed by atoms with van der Waals surface area (Å²) >= 11 is 7.79. The zero-order chi connectivity index (χ0) is 18.7. The van der Waals surface area contributed by atoms with Crippen molar-refractivity contribution >= 4 is 58.4 Å². The van der Waals surface area contributed by atoms with Gasteiger partial charge in [-0.3, -0.25) is 15.1 Å². The molecule has 0 fully saturated rings. The number of amides is 1. The van der Waals surface area contributed by atoms with Gasteiger partial charge in [0.2, 0.25) is 5.96 Å². The lowest BCUT2D eigenvalue weighted by atomic mass is 10.2. The van der Waals surface area contributed by atoms with Gasteiger partial charge in [0.25, 0.3) is 5.91 Å². The Labute approximate surface area is 166 Å². The summed E-state index contributed by atoms with van der Waals surface area (Å²) in [6, 6.07) is 0. The Kier molecular flexibility index (Phi) is 10.0. The summed E-state index contributed by atoms with van der Waals surface area (Å²) in [4.78, 5) is 24.5. The Hall–Kier alpha value is -1.75. The molecule has 1 rings (SSSR count). The summed E-state index contributed by atoms with van der Waals surface area (Å²) in [6.07, 6.45) is 9.64. The number of nitrogens with two attached hydrogens (primary N) is 1. The molecule has 0 saturated carbocycles. The van der Waals surface area contributed by atoms with Gasteiger partial charge in [0.05, 0.1) is 22.9 Å². The number of allylic oxidation sites excluding steroid dienone is 1. The van der Waals surface area contributed by atoms with Crippen LogP contribution >= 0.6 is 34.5 Å². The monoisotopic (exact) mass is 477 g/mol. The Morgan fingerprint density at radius 3 is 2.80 bits per heavy atom. The van der Waals surface area contributed by atoms with E-state index < -0.39 is 5.91 Å². The van der Waals surface area contributed by atoms with E-state index in [1.165, 1.54) is 19.1 Å². The molecule has 0 bridgehead atoms. The summed E-state index contributed by atoms with van der Waals surface area (Å²) in [5.41, 5.74) is 5.77. The molecule has 0 saturated heterocycles. The summed E-state index contributed by atoms with van der Waals surface area (Å²) in [7, 11) is 1.57. The smallest absolute Gasteiger partial charge is 0.278 e. The Balaban J connectivity index is 2.96. The quantitative estimate of drug-likeness (QED) is 0.230. The lowest BCUT2D eigenvalue weighted by Crippen LogP contribution is -2.37. The van der Waals surface area contributed by atoms with Gasteiger partial charge in [0.15, 0.2) is 16.7 Å². The predicted octanol–water partition coefficient (Wildman–Crippen LogP) is 3.08. The number of rotatable bonds is 8. The van der Waals surface area contributed by atoms with Crippen LogP contribution in [0, 0.1) is 0 Å². The third kappa shape index (κ3) is 7.34. The summed E-state index contributed by atoms with van der Waals surface area (Å²) in [5, 5.41) is 5.44. The molecule has 0 radical (unpaired) electrons. The van der Waals surface area contributed by atoms with E-state index in [2.05, 4.69) is 35.7 Å². The number of guanidine groups is 1. The first-order valence-electron chi connectivity index (χ1n) is 7.70. The highest BCUT2D eigenvalue weighted by molar-refractivity contribution is 14.1. The van der Waals surface area contributed by atoms with Gasteiger partial charge in [0.1, 0.15) is 5.69 Å². The minimum Gasteiger partial charge on any atom is -0.369 e. The lowest BCUT2D eigenvalue weighted by molar-refractivity contribution is 0.0971. The number of aliphatic imine (C=N–C) groups is 1. The van der Waals surface area contributed by atoms with E-state index in [1.807, 2.05) is 6.08 Å². The number of carbonyl (C=O) groups excluding carboxylic acids is 1. The molecule has 0 atom stereocenters. The van der Waals surface area contributed by atoms with Gasteiger partial charge in [-0.2, -0.15) is 3.21 Å². The fourth-order valence-electron chi connectivity index (χ4n) is 1.83. The van der Waals surface area contributed by atoms with Crippen LogP contribution in [0.1, 0.15) is 48.8 Å². The van der Waals surface area contributed by atoms with Crippen LogP contribution in [0.15, 0.2) is 20.5 Å². The van der Waals surface area contributed by atoms with Crippen molar-refractivity contribution in [3.8, 4) is 0 Å². The average Bonchev–Trinajstić information content (AvgIpc) is 2.60. The molecule has 10 heteroatoms. The number of carbonyl (C=O) groups is 1. The largest absolute Gasteiger partial charge is 0.369 e. The zero-order valence-corrected chi connectivity index (χ0v) is 17.0. The minimum atomic E-state index is -0.566. The van der Waals surface area contributed by atoms with Crippen molar-refractivity contribution in [2.75, 3.05) is 12.4 Å². The van der Waals surface area contributed by atoms with Gasteiger partial charge in [-0.25, -0.2) is 9.97 Å². The molecule has 0 unspecified atom stereocenters. The number of halogens is 2. The Morgan fingerprint density at radius 2 is 2.16 bits per heavy atom. The highest BCUT2D eigenvalue weighted by Crippen LogP contribution is 2.19. The molecule has 0 aliphatic rings. The van der Waals surface area contributed by atoms with Crippen LogP contribution in [-0.4, -0.2) is 35.1 Å². The molecule has 0 aromatic carbocycles. The third-order valence-corrected chi connectivity index (χ3v) is 3.77. The van der Waals surface area contributed by atoms with Crippen molar-refractivity contribution in [2.45, 2.75) is 32.6 Å². The molecule has 0 aliphatic heterocycles. The summed E-state index contributed by atoms with van der Waals surface area (Å²) in [6.45, 7) is 2.16. The lowest BCUT2D eigenvalue weighted by Gasteiger charge is -2.09. The molecule has 1 aromatic heterocycles. The molecule has 136 valence electrons. The van der Waals surface area contributed by atoms with E-state index in [-0.39, 0.29) is 22.5 Å². The summed E-state index contributed by atoms with van der Waals surface area (Å²) in [5.74, 6) is -0.264. The molecule has 0 aliphatic carbocycles. The van der Waals surface area contributed by atoms with Crippen molar-refractivity contribution in [3.63, 3.8) is 0 Å². The Morgan fingerprint density at radius 1 is 1.40 bits per heavy atom. The average molecular weight is 478 g/mol. The predicted molar refractivity (Wildman–Crippen MR) is 111 cm³/mol.